The van der Waals surface area contributed by atoms with Crippen LogP contribution in [0.1, 0.15) is 32.8 Å². The maximum Gasteiger partial charge on any atom is 0.407 e. The highest BCUT2D eigenvalue weighted by atomic mass is 127. The standard InChI is InChI=1S/C18H29FN4O2.HI/c1-18(2,3)25-17(24)23-12-7-11-21-16(20-4)22-13-10-14-8-5-6-9-15(14)19;/h5-6,8-9H,7,10-13H2,1-4H3,(H,23,24)(H2,20,21,22);1H. The van der Waals surface area contributed by atoms with Gasteiger partial charge in [-0.2, -0.15) is 0 Å². The monoisotopic (exact) mass is 480 g/mol. The van der Waals surface area contributed by atoms with Crippen LogP contribution in [0.3, 0.4) is 0 Å². The van der Waals surface area contributed by atoms with Gasteiger partial charge < -0.3 is 20.7 Å². The van der Waals surface area contributed by atoms with Crippen molar-refractivity contribution in [1.29, 1.82) is 0 Å². The van der Waals surface area contributed by atoms with Crippen LogP contribution in [0, 0.1) is 5.82 Å². The summed E-state index contributed by atoms with van der Waals surface area (Å²) < 4.78 is 18.7. The van der Waals surface area contributed by atoms with E-state index in [0.717, 1.165) is 6.42 Å². The number of halogens is 2. The van der Waals surface area contributed by atoms with Gasteiger partial charge in [0.25, 0.3) is 0 Å². The zero-order valence-corrected chi connectivity index (χ0v) is 18.2. The molecule has 6 nitrogen and oxygen atoms in total. The summed E-state index contributed by atoms with van der Waals surface area (Å²) in [4.78, 5) is 15.6. The van der Waals surface area contributed by atoms with Crippen LogP contribution in [0.5, 0.6) is 0 Å². The summed E-state index contributed by atoms with van der Waals surface area (Å²) in [7, 11) is 1.68. The highest BCUT2D eigenvalue weighted by Gasteiger charge is 2.15. The molecule has 1 rings (SSSR count). The van der Waals surface area contributed by atoms with Crippen molar-refractivity contribution in [2.75, 3.05) is 26.7 Å². The van der Waals surface area contributed by atoms with Crippen LogP contribution < -0.4 is 16.0 Å². The number of hydrogen-bond acceptors (Lipinski definition) is 3. The molecule has 0 radical (unpaired) electrons. The lowest BCUT2D eigenvalue weighted by Crippen LogP contribution is -2.40. The van der Waals surface area contributed by atoms with E-state index in [0.29, 0.717) is 37.6 Å². The summed E-state index contributed by atoms with van der Waals surface area (Å²) in [6.45, 7) is 7.21. The molecule has 0 bridgehead atoms. The molecule has 0 saturated heterocycles. The molecular weight excluding hydrogens is 450 g/mol. The molecule has 8 heteroatoms. The molecule has 1 aromatic rings. The fourth-order valence-corrected chi connectivity index (χ4v) is 2.04. The van der Waals surface area contributed by atoms with Crippen molar-refractivity contribution in [2.24, 2.45) is 4.99 Å². The van der Waals surface area contributed by atoms with Gasteiger partial charge in [-0.05, 0) is 45.2 Å². The number of amides is 1. The molecule has 0 fully saturated rings. The van der Waals surface area contributed by atoms with Crippen molar-refractivity contribution in [3.63, 3.8) is 0 Å². The van der Waals surface area contributed by atoms with E-state index in [9.17, 15) is 9.18 Å². The first-order chi connectivity index (χ1) is 11.8. The minimum absolute atomic E-state index is 0. The zero-order chi connectivity index (χ0) is 18.7. The first kappa shape index (κ1) is 24.4. The molecule has 0 aliphatic heterocycles. The third-order valence-corrected chi connectivity index (χ3v) is 3.18. The predicted molar refractivity (Wildman–Crippen MR) is 114 cm³/mol. The number of nitrogens with one attached hydrogen (secondary N) is 3. The van der Waals surface area contributed by atoms with E-state index in [2.05, 4.69) is 20.9 Å². The summed E-state index contributed by atoms with van der Waals surface area (Å²) in [5, 5.41) is 8.98. The van der Waals surface area contributed by atoms with E-state index in [1.165, 1.54) is 6.07 Å². The van der Waals surface area contributed by atoms with Gasteiger partial charge >= 0.3 is 6.09 Å². The van der Waals surface area contributed by atoms with Gasteiger partial charge in [0.2, 0.25) is 0 Å². The van der Waals surface area contributed by atoms with E-state index in [4.69, 9.17) is 4.74 Å². The Morgan fingerprint density at radius 1 is 1.12 bits per heavy atom. The fourth-order valence-electron chi connectivity index (χ4n) is 2.04. The summed E-state index contributed by atoms with van der Waals surface area (Å²) in [6.07, 6.45) is 0.890. The van der Waals surface area contributed by atoms with Gasteiger partial charge in [0, 0.05) is 26.7 Å². The van der Waals surface area contributed by atoms with Crippen LogP contribution in [-0.2, 0) is 11.2 Å². The van der Waals surface area contributed by atoms with Crippen LogP contribution in [0.2, 0.25) is 0 Å². The smallest absolute Gasteiger partial charge is 0.407 e. The van der Waals surface area contributed by atoms with Crippen LogP contribution in [-0.4, -0.2) is 44.3 Å². The van der Waals surface area contributed by atoms with Crippen LogP contribution in [0.15, 0.2) is 29.3 Å². The third-order valence-electron chi connectivity index (χ3n) is 3.18. The fraction of sp³-hybridized carbons (Fsp3) is 0.556. The molecule has 0 unspecified atom stereocenters. The number of guanidine groups is 1. The Kier molecular flexibility index (Phi) is 11.9. The minimum Gasteiger partial charge on any atom is -0.444 e. The van der Waals surface area contributed by atoms with Gasteiger partial charge in [-0.1, -0.05) is 18.2 Å². The molecule has 0 aliphatic rings. The molecule has 1 amide bonds. The molecule has 0 heterocycles. The van der Waals surface area contributed by atoms with Crippen molar-refractivity contribution in [3.8, 4) is 0 Å². The normalized spacial score (nSPS) is 11.3. The average molecular weight is 480 g/mol. The second-order valence-electron chi connectivity index (χ2n) is 6.55. The molecule has 0 spiro atoms. The molecule has 1 aromatic carbocycles. The second kappa shape index (κ2) is 12.7. The summed E-state index contributed by atoms with van der Waals surface area (Å²) in [6, 6.07) is 6.73. The number of nitrogens with zero attached hydrogens (tertiary/aromatic N) is 1. The van der Waals surface area contributed by atoms with Gasteiger partial charge in [-0.3, -0.25) is 4.99 Å². The van der Waals surface area contributed by atoms with Crippen molar-refractivity contribution < 1.29 is 13.9 Å². The maximum atomic E-state index is 13.5. The van der Waals surface area contributed by atoms with E-state index >= 15 is 0 Å². The van der Waals surface area contributed by atoms with Gasteiger partial charge in [-0.25, -0.2) is 9.18 Å². The van der Waals surface area contributed by atoms with Crippen LogP contribution >= 0.6 is 24.0 Å². The quantitative estimate of drug-likeness (QED) is 0.243. The topological polar surface area (TPSA) is 74.8 Å². The molecule has 26 heavy (non-hydrogen) atoms. The first-order valence-corrected chi connectivity index (χ1v) is 8.46. The zero-order valence-electron chi connectivity index (χ0n) is 15.9. The van der Waals surface area contributed by atoms with Gasteiger partial charge in [0.1, 0.15) is 11.4 Å². The molecule has 0 atom stereocenters. The first-order valence-electron chi connectivity index (χ1n) is 8.46. The number of carbonyl (C=O) groups excluding carboxylic acids is 1. The summed E-state index contributed by atoms with van der Waals surface area (Å²) >= 11 is 0. The average Bonchev–Trinajstić information content (AvgIpc) is 2.53. The Balaban J connectivity index is 0.00000625. The number of carbonyl (C=O) groups is 1. The maximum absolute atomic E-state index is 13.5. The third kappa shape index (κ3) is 11.1. The molecule has 0 aliphatic carbocycles. The molecule has 3 N–H and O–H groups in total. The SMILES string of the molecule is CN=C(NCCCNC(=O)OC(C)(C)C)NCCc1ccccc1F.I. The molecule has 148 valence electrons. The van der Waals surface area contributed by atoms with Gasteiger partial charge in [0.05, 0.1) is 0 Å². The van der Waals surface area contributed by atoms with Gasteiger partial charge in [-0.15, -0.1) is 24.0 Å². The lowest BCUT2D eigenvalue weighted by atomic mass is 10.1. The second-order valence-corrected chi connectivity index (χ2v) is 6.55. The highest BCUT2D eigenvalue weighted by molar-refractivity contribution is 14.0. The Labute approximate surface area is 172 Å². The van der Waals surface area contributed by atoms with Crippen molar-refractivity contribution in [1.82, 2.24) is 16.0 Å². The summed E-state index contributed by atoms with van der Waals surface area (Å²) in [5.41, 5.74) is 0.180. The van der Waals surface area contributed by atoms with Gasteiger partial charge in [0.15, 0.2) is 5.96 Å². The van der Waals surface area contributed by atoms with E-state index in [1.807, 2.05) is 26.8 Å². The van der Waals surface area contributed by atoms with Crippen LogP contribution in [0.25, 0.3) is 0 Å². The Hall–Kier alpha value is -1.58. The van der Waals surface area contributed by atoms with E-state index in [1.54, 1.807) is 19.2 Å². The number of aliphatic imine (C=N–C) groups is 1. The van der Waals surface area contributed by atoms with Crippen molar-refractivity contribution >= 4 is 36.0 Å². The number of alkyl carbamates (subject to hydrolysis) is 1. The Morgan fingerprint density at radius 2 is 1.73 bits per heavy atom. The Bertz CT molecular complexity index is 577. The van der Waals surface area contributed by atoms with Crippen molar-refractivity contribution in [3.05, 3.63) is 35.6 Å². The molecule has 0 saturated carbocycles. The predicted octanol–water partition coefficient (Wildman–Crippen LogP) is 3.07. The number of benzene rings is 1. The number of ether oxygens (including phenoxy) is 1. The largest absolute Gasteiger partial charge is 0.444 e. The van der Waals surface area contributed by atoms with E-state index < -0.39 is 11.7 Å². The molecular formula is C18H30FIN4O2. The lowest BCUT2D eigenvalue weighted by molar-refractivity contribution is 0.0527. The molecule has 0 aromatic heterocycles. The highest BCUT2D eigenvalue weighted by Crippen LogP contribution is 2.06. The van der Waals surface area contributed by atoms with Crippen LogP contribution in [0.4, 0.5) is 9.18 Å². The number of rotatable bonds is 7. The Morgan fingerprint density at radius 3 is 2.35 bits per heavy atom. The van der Waals surface area contributed by atoms with Crippen molar-refractivity contribution in [2.45, 2.75) is 39.2 Å². The lowest BCUT2D eigenvalue weighted by Gasteiger charge is -2.19. The number of hydrogen-bond donors (Lipinski definition) is 3. The van der Waals surface area contributed by atoms with E-state index in [-0.39, 0.29) is 29.8 Å². The summed E-state index contributed by atoms with van der Waals surface area (Å²) in [5.74, 6) is 0.453. The minimum atomic E-state index is -0.494.